The predicted molar refractivity (Wildman–Crippen MR) is 109 cm³/mol. The van der Waals surface area contributed by atoms with Crippen LogP contribution < -0.4 is 15.4 Å². The van der Waals surface area contributed by atoms with E-state index >= 15 is 0 Å². The SMILES string of the molecule is CC(NC(=O)c1ccc2c(Oc3ccc(C(F)(F)F)cc3)cccc2c1)C1CNC1. The molecule has 0 saturated carbocycles. The number of carbonyl (C=O) groups is 1. The number of benzene rings is 3. The minimum atomic E-state index is -4.39. The molecule has 3 aromatic rings. The van der Waals surface area contributed by atoms with Crippen molar-refractivity contribution in [2.24, 2.45) is 5.92 Å². The van der Waals surface area contributed by atoms with Gasteiger partial charge in [-0.05, 0) is 60.8 Å². The number of carbonyl (C=O) groups excluding carboxylic acids is 1. The number of amides is 1. The largest absolute Gasteiger partial charge is 0.457 e. The van der Waals surface area contributed by atoms with Gasteiger partial charge in [0, 0.05) is 36.0 Å². The molecule has 1 unspecified atom stereocenters. The molecule has 0 spiro atoms. The summed E-state index contributed by atoms with van der Waals surface area (Å²) in [6.07, 6.45) is -4.39. The summed E-state index contributed by atoms with van der Waals surface area (Å²) >= 11 is 0. The van der Waals surface area contributed by atoms with E-state index in [0.29, 0.717) is 23.0 Å². The van der Waals surface area contributed by atoms with Crippen molar-refractivity contribution in [3.05, 3.63) is 71.8 Å². The van der Waals surface area contributed by atoms with Gasteiger partial charge in [-0.15, -0.1) is 0 Å². The lowest BCUT2D eigenvalue weighted by molar-refractivity contribution is -0.137. The second-order valence-electron chi connectivity index (χ2n) is 7.50. The van der Waals surface area contributed by atoms with Gasteiger partial charge in [-0.25, -0.2) is 0 Å². The maximum absolute atomic E-state index is 12.7. The quantitative estimate of drug-likeness (QED) is 0.619. The average Bonchev–Trinajstić information content (AvgIpc) is 2.66. The fraction of sp³-hybridized carbons (Fsp3) is 0.261. The zero-order valence-electron chi connectivity index (χ0n) is 16.3. The number of alkyl halides is 3. The molecule has 1 fully saturated rings. The Kier molecular flexibility index (Phi) is 5.39. The molecule has 1 amide bonds. The second-order valence-corrected chi connectivity index (χ2v) is 7.50. The predicted octanol–water partition coefficient (Wildman–Crippen LogP) is 4.99. The van der Waals surface area contributed by atoms with Gasteiger partial charge in [0.15, 0.2) is 0 Å². The summed E-state index contributed by atoms with van der Waals surface area (Å²) < 4.78 is 44.0. The highest BCUT2D eigenvalue weighted by Gasteiger charge is 2.30. The zero-order chi connectivity index (χ0) is 21.3. The highest BCUT2D eigenvalue weighted by Crippen LogP contribution is 2.33. The molecule has 0 radical (unpaired) electrons. The number of ether oxygens (including phenoxy) is 1. The minimum Gasteiger partial charge on any atom is -0.457 e. The van der Waals surface area contributed by atoms with Crippen molar-refractivity contribution >= 4 is 16.7 Å². The molecule has 2 N–H and O–H groups in total. The number of halogens is 3. The molecule has 1 aliphatic rings. The van der Waals surface area contributed by atoms with Gasteiger partial charge in [-0.2, -0.15) is 13.2 Å². The first-order valence-electron chi connectivity index (χ1n) is 9.71. The lowest BCUT2D eigenvalue weighted by Gasteiger charge is -2.33. The van der Waals surface area contributed by atoms with Crippen molar-refractivity contribution in [2.75, 3.05) is 13.1 Å². The Bertz CT molecular complexity index is 1060. The summed E-state index contributed by atoms with van der Waals surface area (Å²) in [5.74, 6) is 1.12. The van der Waals surface area contributed by atoms with E-state index in [1.165, 1.54) is 12.1 Å². The third-order valence-corrected chi connectivity index (χ3v) is 5.39. The Morgan fingerprint density at radius 3 is 2.47 bits per heavy atom. The van der Waals surface area contributed by atoms with Crippen molar-refractivity contribution in [1.29, 1.82) is 0 Å². The number of fused-ring (bicyclic) bond motifs is 1. The van der Waals surface area contributed by atoms with Crippen LogP contribution in [0.15, 0.2) is 60.7 Å². The Labute approximate surface area is 172 Å². The van der Waals surface area contributed by atoms with Crippen LogP contribution in [0.2, 0.25) is 0 Å². The van der Waals surface area contributed by atoms with Gasteiger partial charge in [-0.3, -0.25) is 4.79 Å². The van der Waals surface area contributed by atoms with Crippen LogP contribution in [0.1, 0.15) is 22.8 Å². The van der Waals surface area contributed by atoms with Crippen molar-refractivity contribution < 1.29 is 22.7 Å². The molecule has 1 atom stereocenters. The Morgan fingerprint density at radius 1 is 1.10 bits per heavy atom. The van der Waals surface area contributed by atoms with Crippen LogP contribution in [0.5, 0.6) is 11.5 Å². The van der Waals surface area contributed by atoms with Crippen molar-refractivity contribution in [1.82, 2.24) is 10.6 Å². The molecule has 0 aliphatic carbocycles. The van der Waals surface area contributed by atoms with E-state index in [1.54, 1.807) is 30.3 Å². The van der Waals surface area contributed by atoms with E-state index in [2.05, 4.69) is 10.6 Å². The molecule has 4 rings (SSSR count). The third-order valence-electron chi connectivity index (χ3n) is 5.39. The van der Waals surface area contributed by atoms with Crippen LogP contribution in [-0.4, -0.2) is 25.0 Å². The lowest BCUT2D eigenvalue weighted by atomic mass is 9.95. The van der Waals surface area contributed by atoms with Crippen LogP contribution in [0, 0.1) is 5.92 Å². The van der Waals surface area contributed by atoms with Crippen LogP contribution in [0.4, 0.5) is 13.2 Å². The van der Waals surface area contributed by atoms with Gasteiger partial charge < -0.3 is 15.4 Å². The summed E-state index contributed by atoms with van der Waals surface area (Å²) in [6, 6.07) is 15.3. The molecular formula is C23H21F3N2O2. The Hall–Kier alpha value is -3.06. The first kappa shape index (κ1) is 20.2. The number of hydrogen-bond donors (Lipinski definition) is 2. The van der Waals surface area contributed by atoms with E-state index in [0.717, 1.165) is 36.0 Å². The fourth-order valence-electron chi connectivity index (χ4n) is 3.40. The normalized spacial score (nSPS) is 15.5. The molecule has 1 heterocycles. The van der Waals surface area contributed by atoms with Gasteiger partial charge in [0.25, 0.3) is 5.91 Å². The van der Waals surface area contributed by atoms with Crippen molar-refractivity contribution in [3.8, 4) is 11.5 Å². The van der Waals surface area contributed by atoms with E-state index in [1.807, 2.05) is 13.0 Å². The van der Waals surface area contributed by atoms with Crippen LogP contribution in [-0.2, 0) is 6.18 Å². The van der Waals surface area contributed by atoms with E-state index in [-0.39, 0.29) is 11.9 Å². The molecule has 1 saturated heterocycles. The molecule has 0 bridgehead atoms. The molecule has 0 aromatic heterocycles. The summed E-state index contributed by atoms with van der Waals surface area (Å²) in [4.78, 5) is 12.6. The third kappa shape index (κ3) is 4.26. The highest BCUT2D eigenvalue weighted by molar-refractivity contribution is 6.00. The summed E-state index contributed by atoms with van der Waals surface area (Å²) in [5.41, 5.74) is -0.177. The maximum atomic E-state index is 12.7. The second kappa shape index (κ2) is 7.99. The van der Waals surface area contributed by atoms with Gasteiger partial charge in [-0.1, -0.05) is 12.1 Å². The number of nitrogens with one attached hydrogen (secondary N) is 2. The van der Waals surface area contributed by atoms with Crippen LogP contribution in [0.25, 0.3) is 10.8 Å². The monoisotopic (exact) mass is 414 g/mol. The zero-order valence-corrected chi connectivity index (χ0v) is 16.3. The number of rotatable bonds is 5. The number of hydrogen-bond acceptors (Lipinski definition) is 3. The standard InChI is InChI=1S/C23H21F3N2O2/c1-14(17-12-27-13-17)28-22(29)16-5-10-20-15(11-16)3-2-4-21(20)30-19-8-6-18(7-9-19)23(24,25)26/h2-11,14,17,27H,12-13H2,1H3,(H,28,29). The van der Waals surface area contributed by atoms with Gasteiger partial charge in [0.2, 0.25) is 0 Å². The first-order valence-corrected chi connectivity index (χ1v) is 9.71. The van der Waals surface area contributed by atoms with E-state index < -0.39 is 11.7 Å². The van der Waals surface area contributed by atoms with Crippen molar-refractivity contribution in [3.63, 3.8) is 0 Å². The molecule has 1 aliphatic heterocycles. The van der Waals surface area contributed by atoms with Crippen molar-refractivity contribution in [2.45, 2.75) is 19.1 Å². The van der Waals surface area contributed by atoms with Crippen LogP contribution >= 0.6 is 0 Å². The molecule has 30 heavy (non-hydrogen) atoms. The average molecular weight is 414 g/mol. The Balaban J connectivity index is 1.53. The highest BCUT2D eigenvalue weighted by atomic mass is 19.4. The summed E-state index contributed by atoms with van der Waals surface area (Å²) in [5, 5.41) is 7.81. The van der Waals surface area contributed by atoms with E-state index in [9.17, 15) is 18.0 Å². The molecule has 156 valence electrons. The molecule has 7 heteroatoms. The van der Waals surface area contributed by atoms with Gasteiger partial charge in [0.05, 0.1) is 5.56 Å². The molecule has 4 nitrogen and oxygen atoms in total. The van der Waals surface area contributed by atoms with E-state index in [4.69, 9.17) is 4.74 Å². The van der Waals surface area contributed by atoms with Gasteiger partial charge >= 0.3 is 6.18 Å². The van der Waals surface area contributed by atoms with Gasteiger partial charge in [0.1, 0.15) is 11.5 Å². The molecular weight excluding hydrogens is 393 g/mol. The van der Waals surface area contributed by atoms with Crippen LogP contribution in [0.3, 0.4) is 0 Å². The topological polar surface area (TPSA) is 50.4 Å². The fourth-order valence-corrected chi connectivity index (χ4v) is 3.40. The minimum absolute atomic E-state index is 0.0868. The molecule has 3 aromatic carbocycles. The first-order chi connectivity index (χ1) is 14.3. The summed E-state index contributed by atoms with van der Waals surface area (Å²) in [6.45, 7) is 3.81. The Morgan fingerprint density at radius 2 is 1.83 bits per heavy atom. The maximum Gasteiger partial charge on any atom is 0.416 e. The smallest absolute Gasteiger partial charge is 0.416 e. The summed E-state index contributed by atoms with van der Waals surface area (Å²) in [7, 11) is 0. The lowest BCUT2D eigenvalue weighted by Crippen LogP contribution is -2.53.